The maximum absolute atomic E-state index is 12.6. The molecule has 2 heterocycles. The highest BCUT2D eigenvalue weighted by atomic mass is 32.2. The summed E-state index contributed by atoms with van der Waals surface area (Å²) in [6, 6.07) is 10.9. The van der Waals surface area contributed by atoms with E-state index in [2.05, 4.69) is 10.1 Å². The Kier molecular flexibility index (Phi) is 7.34. The van der Waals surface area contributed by atoms with E-state index in [1.807, 2.05) is 13.8 Å². The van der Waals surface area contributed by atoms with Gasteiger partial charge in [-0.05, 0) is 47.7 Å². The van der Waals surface area contributed by atoms with Crippen molar-refractivity contribution in [1.29, 1.82) is 5.41 Å². The fourth-order valence-electron chi connectivity index (χ4n) is 3.28. The molecule has 2 aromatic carbocycles. The first kappa shape index (κ1) is 24.9. The molecule has 0 fully saturated rings. The summed E-state index contributed by atoms with van der Waals surface area (Å²) in [5, 5.41) is 26.2. The van der Waals surface area contributed by atoms with Gasteiger partial charge in [-0.15, -0.1) is 0 Å². The Morgan fingerprint density at radius 3 is 2.53 bits per heavy atom. The van der Waals surface area contributed by atoms with Crippen LogP contribution in [-0.2, 0) is 4.79 Å². The number of nitrogens with zero attached hydrogens (tertiary/aromatic N) is 4. The van der Waals surface area contributed by atoms with Crippen LogP contribution in [0.4, 0.5) is 5.69 Å². The summed E-state index contributed by atoms with van der Waals surface area (Å²) in [4.78, 5) is 26.9. The summed E-state index contributed by atoms with van der Waals surface area (Å²) in [6.07, 6.45) is 1.57. The van der Waals surface area contributed by atoms with Gasteiger partial charge in [-0.3, -0.25) is 20.3 Å². The predicted molar refractivity (Wildman–Crippen MR) is 137 cm³/mol. The van der Waals surface area contributed by atoms with E-state index in [1.165, 1.54) is 48.1 Å². The number of amides is 1. The fourth-order valence-corrected chi connectivity index (χ4v) is 4.17. The molecule has 2 aliphatic heterocycles. The van der Waals surface area contributed by atoms with Crippen LogP contribution in [0.3, 0.4) is 0 Å². The van der Waals surface area contributed by atoms with Crippen molar-refractivity contribution in [3.63, 3.8) is 0 Å². The molecule has 2 aliphatic rings. The summed E-state index contributed by atoms with van der Waals surface area (Å²) in [5.41, 5.74) is 0.747. The molecule has 2 aromatic rings. The minimum Gasteiger partial charge on any atom is -0.493 e. The van der Waals surface area contributed by atoms with Gasteiger partial charge in [0, 0.05) is 18.1 Å². The minimum absolute atomic E-state index is 0.0111. The molecule has 36 heavy (non-hydrogen) atoms. The van der Waals surface area contributed by atoms with Crippen LogP contribution in [0.5, 0.6) is 17.2 Å². The van der Waals surface area contributed by atoms with Gasteiger partial charge in [0.05, 0.1) is 17.6 Å². The van der Waals surface area contributed by atoms with Crippen molar-refractivity contribution >= 4 is 45.5 Å². The quantitative estimate of drug-likeness (QED) is 0.228. The number of nitro groups is 1. The average molecular weight is 510 g/mol. The van der Waals surface area contributed by atoms with Gasteiger partial charge < -0.3 is 14.2 Å². The van der Waals surface area contributed by atoms with E-state index in [1.54, 1.807) is 24.3 Å². The van der Waals surface area contributed by atoms with E-state index in [0.29, 0.717) is 28.0 Å². The first-order valence-electron chi connectivity index (χ1n) is 10.9. The number of amidine groups is 2. The lowest BCUT2D eigenvalue weighted by Gasteiger charge is -2.20. The lowest BCUT2D eigenvalue weighted by atomic mass is 10.1. The molecule has 0 spiro atoms. The number of nitrogens with one attached hydrogen (secondary N) is 1. The van der Waals surface area contributed by atoms with Crippen molar-refractivity contribution in [2.45, 2.75) is 13.8 Å². The van der Waals surface area contributed by atoms with Crippen LogP contribution < -0.4 is 14.2 Å². The number of non-ortho nitro benzene ring substituents is 1. The summed E-state index contributed by atoms with van der Waals surface area (Å²) < 4.78 is 16.7. The number of thioether (sulfide) groups is 1. The lowest BCUT2D eigenvalue weighted by Crippen LogP contribution is -2.35. The van der Waals surface area contributed by atoms with Crippen LogP contribution in [0.2, 0.25) is 0 Å². The van der Waals surface area contributed by atoms with Crippen molar-refractivity contribution < 1.29 is 23.9 Å². The molecule has 11 nitrogen and oxygen atoms in total. The number of carbonyl (C=O) groups is 1. The van der Waals surface area contributed by atoms with Crippen LogP contribution in [-0.4, -0.2) is 52.2 Å². The first-order chi connectivity index (χ1) is 17.3. The molecule has 0 aromatic heterocycles. The first-order valence-corrected chi connectivity index (χ1v) is 11.8. The highest BCUT2D eigenvalue weighted by Gasteiger charge is 2.36. The van der Waals surface area contributed by atoms with E-state index in [-0.39, 0.29) is 36.2 Å². The second kappa shape index (κ2) is 10.6. The Labute approximate surface area is 211 Å². The highest BCUT2D eigenvalue weighted by molar-refractivity contribution is 8.27. The highest BCUT2D eigenvalue weighted by Crippen LogP contribution is 2.32. The molecule has 0 saturated carbocycles. The van der Waals surface area contributed by atoms with Crippen molar-refractivity contribution in [2.24, 2.45) is 16.0 Å². The van der Waals surface area contributed by atoms with Crippen molar-refractivity contribution in [2.75, 3.05) is 20.3 Å². The molecular formula is C24H23N5O6S. The number of rotatable bonds is 9. The van der Waals surface area contributed by atoms with Crippen LogP contribution in [0, 0.1) is 21.4 Å². The molecule has 0 saturated heterocycles. The van der Waals surface area contributed by atoms with Crippen LogP contribution in [0.25, 0.3) is 6.08 Å². The maximum Gasteiger partial charge on any atom is 0.283 e. The molecule has 1 amide bonds. The van der Waals surface area contributed by atoms with Gasteiger partial charge >= 0.3 is 0 Å². The summed E-state index contributed by atoms with van der Waals surface area (Å²) in [7, 11) is 1.50. The lowest BCUT2D eigenvalue weighted by molar-refractivity contribution is -0.384. The van der Waals surface area contributed by atoms with Gasteiger partial charge in [-0.25, -0.2) is 0 Å². The number of hydrogen-bond donors (Lipinski definition) is 1. The Morgan fingerprint density at radius 2 is 1.86 bits per heavy atom. The number of methoxy groups -OCH3 is 1. The normalized spacial score (nSPS) is 16.1. The van der Waals surface area contributed by atoms with Crippen molar-refractivity contribution in [3.05, 3.63) is 63.7 Å². The third kappa shape index (κ3) is 5.38. The van der Waals surface area contributed by atoms with Gasteiger partial charge in [0.25, 0.3) is 11.6 Å². The predicted octanol–water partition coefficient (Wildman–Crippen LogP) is 4.34. The van der Waals surface area contributed by atoms with Crippen molar-refractivity contribution in [1.82, 2.24) is 5.01 Å². The second-order valence-corrected chi connectivity index (χ2v) is 8.96. The van der Waals surface area contributed by atoms with Crippen LogP contribution >= 0.6 is 11.8 Å². The Morgan fingerprint density at radius 1 is 1.14 bits per heavy atom. The van der Waals surface area contributed by atoms with Gasteiger partial charge in [0.1, 0.15) is 24.0 Å². The third-order valence-electron chi connectivity index (χ3n) is 5.12. The van der Waals surface area contributed by atoms with Gasteiger partial charge in [0.15, 0.2) is 17.3 Å². The Balaban J connectivity index is 1.41. The van der Waals surface area contributed by atoms with Crippen LogP contribution in [0.1, 0.15) is 19.4 Å². The van der Waals surface area contributed by atoms with Crippen molar-refractivity contribution in [3.8, 4) is 17.2 Å². The monoisotopic (exact) mass is 509 g/mol. The summed E-state index contributed by atoms with van der Waals surface area (Å²) >= 11 is 1.30. The standard InChI is InChI=1S/C24H23N5O6S/c1-14(2)23-27-28-21(25)18(22(30)26-24(28)36-23)12-15-4-9-19(20(13-15)33-3)35-11-10-34-17-7-5-16(6-8-17)29(31)32/h4-9,12-14,25H,10-11H2,1-3H3/b18-12-,25-21?. The topological polar surface area (TPSA) is 140 Å². The number of hydrazone groups is 1. The second-order valence-electron chi connectivity index (χ2n) is 7.97. The SMILES string of the molecule is COc1cc(/C=C2/C(=N)N3N=C(C(C)C)SC3=NC2=O)ccc1OCCOc1ccc([N+](=O)[O-])cc1. The number of carbonyl (C=O) groups excluding carboxylic acids is 1. The zero-order valence-corrected chi connectivity index (χ0v) is 20.6. The minimum atomic E-state index is -0.498. The molecule has 4 rings (SSSR count). The Bertz CT molecular complexity index is 1300. The fraction of sp³-hybridized carbons (Fsp3) is 0.250. The number of ether oxygens (including phenoxy) is 3. The van der Waals surface area contributed by atoms with Crippen LogP contribution in [0.15, 0.2) is 58.1 Å². The van der Waals surface area contributed by atoms with Gasteiger partial charge in [-0.2, -0.15) is 15.1 Å². The van der Waals surface area contributed by atoms with E-state index < -0.39 is 10.8 Å². The molecule has 186 valence electrons. The largest absolute Gasteiger partial charge is 0.493 e. The number of hydrogen-bond acceptors (Lipinski definition) is 9. The van der Waals surface area contributed by atoms with E-state index in [0.717, 1.165) is 5.04 Å². The molecule has 1 N–H and O–H groups in total. The number of benzene rings is 2. The average Bonchev–Trinajstić information content (AvgIpc) is 3.29. The van der Waals surface area contributed by atoms with Gasteiger partial charge in [0.2, 0.25) is 5.17 Å². The summed E-state index contributed by atoms with van der Waals surface area (Å²) in [6.45, 7) is 4.40. The molecule has 0 aliphatic carbocycles. The number of aliphatic imine (C=N–C) groups is 1. The Hall–Kier alpha value is -4.19. The molecule has 0 atom stereocenters. The maximum atomic E-state index is 12.6. The molecular weight excluding hydrogens is 486 g/mol. The van der Waals surface area contributed by atoms with Gasteiger partial charge in [-0.1, -0.05) is 19.9 Å². The van der Waals surface area contributed by atoms with E-state index in [4.69, 9.17) is 19.6 Å². The third-order valence-corrected chi connectivity index (χ3v) is 6.33. The molecule has 12 heteroatoms. The molecule has 0 bridgehead atoms. The zero-order valence-electron chi connectivity index (χ0n) is 19.8. The zero-order chi connectivity index (χ0) is 25.8. The van der Waals surface area contributed by atoms with E-state index >= 15 is 0 Å². The van der Waals surface area contributed by atoms with E-state index in [9.17, 15) is 14.9 Å². The molecule has 0 radical (unpaired) electrons. The smallest absolute Gasteiger partial charge is 0.283 e. The number of fused-ring (bicyclic) bond motifs is 1. The number of nitro benzene ring substituents is 1. The summed E-state index contributed by atoms with van der Waals surface area (Å²) in [5.74, 6) is 1.03. The molecule has 0 unspecified atom stereocenters.